The molecule has 1 aromatic heterocycles. The van der Waals surface area contributed by atoms with Gasteiger partial charge in [-0.05, 0) is 12.1 Å². The third-order valence-corrected chi connectivity index (χ3v) is 3.68. The van der Waals surface area contributed by atoms with Crippen LogP contribution in [0.2, 0.25) is 0 Å². The smallest absolute Gasteiger partial charge is 0.335 e. The molecule has 110 valence electrons. The zero-order valence-electron chi connectivity index (χ0n) is 11.8. The van der Waals surface area contributed by atoms with E-state index in [1.54, 1.807) is 43.4 Å². The van der Waals surface area contributed by atoms with Gasteiger partial charge in [0.1, 0.15) is 0 Å². The first-order chi connectivity index (χ1) is 10.5. The first kappa shape index (κ1) is 13.9. The van der Waals surface area contributed by atoms with Gasteiger partial charge in [-0.3, -0.25) is 4.79 Å². The summed E-state index contributed by atoms with van der Waals surface area (Å²) in [5, 5.41) is 19.9. The Hall–Kier alpha value is -3.08. The molecule has 2 N–H and O–H groups in total. The number of carboxylic acids is 1. The lowest BCUT2D eigenvalue weighted by molar-refractivity contribution is 0.0697. The maximum absolute atomic E-state index is 12.6. The number of fused-ring (bicyclic) bond motifs is 1. The first-order valence-corrected chi connectivity index (χ1v) is 6.65. The van der Waals surface area contributed by atoms with E-state index in [-0.39, 0.29) is 22.8 Å². The number of ketones is 1. The number of aromatic carboxylic acids is 1. The number of carboxylic acid groups (broad SMARTS) is 1. The van der Waals surface area contributed by atoms with Crippen molar-refractivity contribution in [3.63, 3.8) is 0 Å². The molecule has 0 unspecified atom stereocenters. The van der Waals surface area contributed by atoms with Crippen LogP contribution in [0, 0.1) is 0 Å². The number of rotatable bonds is 3. The molecule has 0 saturated carbocycles. The van der Waals surface area contributed by atoms with Gasteiger partial charge in [-0.2, -0.15) is 0 Å². The van der Waals surface area contributed by atoms with Crippen molar-refractivity contribution in [3.8, 4) is 5.88 Å². The highest BCUT2D eigenvalue weighted by Crippen LogP contribution is 2.32. The van der Waals surface area contributed by atoms with Crippen LogP contribution in [0.15, 0.2) is 48.5 Å². The molecule has 3 aromatic rings. The Morgan fingerprint density at radius 2 is 1.68 bits per heavy atom. The number of hydrogen-bond acceptors (Lipinski definition) is 3. The summed E-state index contributed by atoms with van der Waals surface area (Å²) in [6, 6.07) is 13.1. The van der Waals surface area contributed by atoms with E-state index in [0.29, 0.717) is 16.5 Å². The molecular formula is C17H13NO4. The van der Waals surface area contributed by atoms with Gasteiger partial charge < -0.3 is 14.8 Å². The number of aromatic hydroxyl groups is 1. The topological polar surface area (TPSA) is 79.5 Å². The quantitative estimate of drug-likeness (QED) is 0.728. The lowest BCUT2D eigenvalue weighted by Crippen LogP contribution is -2.01. The van der Waals surface area contributed by atoms with Gasteiger partial charge in [-0.1, -0.05) is 36.4 Å². The monoisotopic (exact) mass is 295 g/mol. The van der Waals surface area contributed by atoms with Gasteiger partial charge in [0.15, 0.2) is 5.78 Å². The Bertz CT molecular complexity index is 894. The van der Waals surface area contributed by atoms with Crippen LogP contribution < -0.4 is 0 Å². The van der Waals surface area contributed by atoms with Crippen molar-refractivity contribution in [2.45, 2.75) is 0 Å². The molecule has 0 aliphatic rings. The van der Waals surface area contributed by atoms with Crippen molar-refractivity contribution in [1.82, 2.24) is 4.57 Å². The number of benzene rings is 2. The van der Waals surface area contributed by atoms with Crippen molar-refractivity contribution in [2.24, 2.45) is 7.05 Å². The third-order valence-electron chi connectivity index (χ3n) is 3.68. The van der Waals surface area contributed by atoms with Gasteiger partial charge in [0.05, 0.1) is 16.6 Å². The van der Waals surface area contributed by atoms with Crippen molar-refractivity contribution < 1.29 is 19.8 Å². The van der Waals surface area contributed by atoms with Crippen molar-refractivity contribution in [1.29, 1.82) is 0 Å². The highest BCUT2D eigenvalue weighted by atomic mass is 16.4. The second-order valence-electron chi connectivity index (χ2n) is 4.99. The van der Waals surface area contributed by atoms with Crippen LogP contribution in [0.1, 0.15) is 26.3 Å². The summed E-state index contributed by atoms with van der Waals surface area (Å²) < 4.78 is 1.41. The largest absolute Gasteiger partial charge is 0.494 e. The van der Waals surface area contributed by atoms with E-state index in [0.717, 1.165) is 0 Å². The van der Waals surface area contributed by atoms with Crippen molar-refractivity contribution in [2.75, 3.05) is 0 Å². The second kappa shape index (κ2) is 5.04. The first-order valence-electron chi connectivity index (χ1n) is 6.65. The molecule has 0 atom stereocenters. The van der Waals surface area contributed by atoms with Crippen LogP contribution in [0.25, 0.3) is 10.9 Å². The van der Waals surface area contributed by atoms with Crippen LogP contribution in [0.4, 0.5) is 0 Å². The fourth-order valence-electron chi connectivity index (χ4n) is 2.51. The minimum Gasteiger partial charge on any atom is -0.494 e. The molecule has 0 amide bonds. The average Bonchev–Trinajstić information content (AvgIpc) is 2.78. The molecule has 0 aliphatic carbocycles. The minimum atomic E-state index is -1.06. The van der Waals surface area contributed by atoms with E-state index in [1.807, 2.05) is 0 Å². The number of aromatic nitrogens is 1. The minimum absolute atomic E-state index is 0.104. The van der Waals surface area contributed by atoms with Crippen LogP contribution >= 0.6 is 0 Å². The predicted octanol–water partition coefficient (Wildman–Crippen LogP) is 2.81. The average molecular weight is 295 g/mol. The van der Waals surface area contributed by atoms with Gasteiger partial charge in [-0.25, -0.2) is 4.79 Å². The highest BCUT2D eigenvalue weighted by molar-refractivity contribution is 6.18. The molecule has 2 aromatic carbocycles. The molecule has 0 radical (unpaired) electrons. The lowest BCUT2D eigenvalue weighted by atomic mass is 10.0. The SMILES string of the molecule is Cn1c(O)c(C(=O)c2ccccc2)c2ccc(C(=O)O)cc21. The van der Waals surface area contributed by atoms with Crippen molar-refractivity contribution in [3.05, 3.63) is 65.2 Å². The Morgan fingerprint density at radius 1 is 1.00 bits per heavy atom. The molecule has 0 bridgehead atoms. The zero-order valence-corrected chi connectivity index (χ0v) is 11.8. The van der Waals surface area contributed by atoms with Gasteiger partial charge >= 0.3 is 5.97 Å². The molecule has 1 heterocycles. The van der Waals surface area contributed by atoms with Gasteiger partial charge in [0.2, 0.25) is 5.88 Å². The van der Waals surface area contributed by atoms with E-state index in [4.69, 9.17) is 5.11 Å². The molecule has 5 heteroatoms. The van der Waals surface area contributed by atoms with Crippen LogP contribution in [-0.4, -0.2) is 26.5 Å². The standard InChI is InChI=1S/C17H13NO4/c1-18-13-9-11(17(21)22)7-8-12(13)14(16(18)20)15(19)10-5-3-2-4-6-10/h2-9,20H,1H3,(H,21,22). The van der Waals surface area contributed by atoms with Gasteiger partial charge in [-0.15, -0.1) is 0 Å². The summed E-state index contributed by atoms with van der Waals surface area (Å²) >= 11 is 0. The second-order valence-corrected chi connectivity index (χ2v) is 4.99. The molecular weight excluding hydrogens is 282 g/mol. The van der Waals surface area contributed by atoms with Gasteiger partial charge in [0, 0.05) is 18.0 Å². The van der Waals surface area contributed by atoms with E-state index in [9.17, 15) is 14.7 Å². The lowest BCUT2D eigenvalue weighted by Gasteiger charge is -2.01. The Balaban J connectivity index is 2.25. The van der Waals surface area contributed by atoms with Crippen LogP contribution in [-0.2, 0) is 7.05 Å². The van der Waals surface area contributed by atoms with Crippen LogP contribution in [0.3, 0.4) is 0 Å². The number of carbonyl (C=O) groups excluding carboxylic acids is 1. The Kier molecular flexibility index (Phi) is 3.18. The summed E-state index contributed by atoms with van der Waals surface area (Å²) in [6.07, 6.45) is 0. The van der Waals surface area contributed by atoms with E-state index >= 15 is 0 Å². The Labute approximate surface area is 126 Å². The third kappa shape index (κ3) is 2.03. The van der Waals surface area contributed by atoms with Gasteiger partial charge in [0.25, 0.3) is 0 Å². The predicted molar refractivity (Wildman–Crippen MR) is 81.4 cm³/mol. The van der Waals surface area contributed by atoms with E-state index in [2.05, 4.69) is 0 Å². The molecule has 0 fully saturated rings. The zero-order chi connectivity index (χ0) is 15.9. The number of carbonyl (C=O) groups is 2. The summed E-state index contributed by atoms with van der Waals surface area (Å²) in [7, 11) is 1.59. The summed E-state index contributed by atoms with van der Waals surface area (Å²) in [5.74, 6) is -1.53. The van der Waals surface area contributed by atoms with E-state index < -0.39 is 5.97 Å². The van der Waals surface area contributed by atoms with Crippen molar-refractivity contribution >= 4 is 22.7 Å². The number of hydrogen-bond donors (Lipinski definition) is 2. The summed E-state index contributed by atoms with van der Waals surface area (Å²) in [5.41, 5.74) is 1.25. The highest BCUT2D eigenvalue weighted by Gasteiger charge is 2.22. The van der Waals surface area contributed by atoms with Crippen LogP contribution in [0.5, 0.6) is 5.88 Å². The Morgan fingerprint density at radius 3 is 2.32 bits per heavy atom. The molecule has 0 saturated heterocycles. The summed E-state index contributed by atoms with van der Waals surface area (Å²) in [4.78, 5) is 23.7. The van der Waals surface area contributed by atoms with E-state index in [1.165, 1.54) is 16.7 Å². The molecule has 22 heavy (non-hydrogen) atoms. The fraction of sp³-hybridized carbons (Fsp3) is 0.0588. The normalized spacial score (nSPS) is 10.8. The molecule has 0 spiro atoms. The molecule has 0 aliphatic heterocycles. The number of aryl methyl sites for hydroxylation is 1. The summed E-state index contributed by atoms with van der Waals surface area (Å²) in [6.45, 7) is 0. The molecule has 3 rings (SSSR count). The maximum atomic E-state index is 12.6. The maximum Gasteiger partial charge on any atom is 0.335 e. The number of nitrogens with zero attached hydrogens (tertiary/aromatic N) is 1. The molecule has 5 nitrogen and oxygen atoms in total. The fourth-order valence-corrected chi connectivity index (χ4v) is 2.51.